The summed E-state index contributed by atoms with van der Waals surface area (Å²) in [6.07, 6.45) is 1.01. The Balaban J connectivity index is 1.79. The van der Waals surface area contributed by atoms with E-state index in [2.05, 4.69) is 10.6 Å². The van der Waals surface area contributed by atoms with Gasteiger partial charge in [-0.25, -0.2) is 9.18 Å². The maximum Gasteiger partial charge on any atom is 0.319 e. The van der Waals surface area contributed by atoms with Crippen LogP contribution < -0.4 is 10.6 Å². The molecule has 1 saturated heterocycles. The van der Waals surface area contributed by atoms with Crippen LogP contribution in [0.1, 0.15) is 12.8 Å². The SMILES string of the molecule is O=C(NCC1(O)CCOCC1)Nc1ccc(F)cc1. The van der Waals surface area contributed by atoms with Crippen LogP contribution in [0.25, 0.3) is 0 Å². The topological polar surface area (TPSA) is 70.6 Å². The van der Waals surface area contributed by atoms with E-state index in [4.69, 9.17) is 4.74 Å². The van der Waals surface area contributed by atoms with Crippen molar-refractivity contribution >= 4 is 11.7 Å². The van der Waals surface area contributed by atoms with Crippen molar-refractivity contribution in [1.29, 1.82) is 0 Å². The van der Waals surface area contributed by atoms with Crippen LogP contribution in [0, 0.1) is 5.82 Å². The van der Waals surface area contributed by atoms with Crippen LogP contribution in [0.4, 0.5) is 14.9 Å². The number of rotatable bonds is 3. The van der Waals surface area contributed by atoms with Crippen LogP contribution in [0.2, 0.25) is 0 Å². The lowest BCUT2D eigenvalue weighted by Crippen LogP contribution is -2.47. The van der Waals surface area contributed by atoms with Gasteiger partial charge in [-0.05, 0) is 24.3 Å². The first kappa shape index (κ1) is 13.8. The molecule has 0 unspecified atom stereocenters. The van der Waals surface area contributed by atoms with Crippen LogP contribution in [0.15, 0.2) is 24.3 Å². The van der Waals surface area contributed by atoms with Crippen molar-refractivity contribution in [2.24, 2.45) is 0 Å². The first-order valence-corrected chi connectivity index (χ1v) is 6.18. The third kappa shape index (κ3) is 4.18. The fourth-order valence-electron chi connectivity index (χ4n) is 1.88. The number of anilines is 1. The molecule has 1 aliphatic rings. The molecule has 1 aromatic rings. The second-order valence-corrected chi connectivity index (χ2v) is 4.65. The summed E-state index contributed by atoms with van der Waals surface area (Å²) < 4.78 is 17.8. The highest BCUT2D eigenvalue weighted by atomic mass is 19.1. The zero-order valence-corrected chi connectivity index (χ0v) is 10.5. The van der Waals surface area contributed by atoms with Gasteiger partial charge in [0.2, 0.25) is 0 Å². The molecule has 0 aromatic heterocycles. The quantitative estimate of drug-likeness (QED) is 0.777. The highest BCUT2D eigenvalue weighted by molar-refractivity contribution is 5.89. The molecule has 19 heavy (non-hydrogen) atoms. The lowest BCUT2D eigenvalue weighted by molar-refractivity contribution is -0.0598. The van der Waals surface area contributed by atoms with Crippen molar-refractivity contribution < 1.29 is 19.0 Å². The van der Waals surface area contributed by atoms with Crippen molar-refractivity contribution in [1.82, 2.24) is 5.32 Å². The molecule has 5 nitrogen and oxygen atoms in total. The van der Waals surface area contributed by atoms with E-state index in [1.165, 1.54) is 24.3 Å². The summed E-state index contributed by atoms with van der Waals surface area (Å²) in [5, 5.41) is 15.3. The Kier molecular flexibility index (Phi) is 4.34. The average Bonchev–Trinajstić information content (AvgIpc) is 2.40. The summed E-state index contributed by atoms with van der Waals surface area (Å²) in [6, 6.07) is 5.05. The maximum atomic E-state index is 12.7. The van der Waals surface area contributed by atoms with E-state index in [0.717, 1.165) is 0 Å². The van der Waals surface area contributed by atoms with Gasteiger partial charge in [0.05, 0.1) is 5.60 Å². The normalized spacial score (nSPS) is 17.8. The van der Waals surface area contributed by atoms with Crippen LogP contribution in [-0.2, 0) is 4.74 Å². The predicted octanol–water partition coefficient (Wildman–Crippen LogP) is 1.49. The fourth-order valence-corrected chi connectivity index (χ4v) is 1.88. The van der Waals surface area contributed by atoms with Crippen LogP contribution in [0.5, 0.6) is 0 Å². The molecule has 2 rings (SSSR count). The molecule has 3 N–H and O–H groups in total. The van der Waals surface area contributed by atoms with Gasteiger partial charge in [0, 0.05) is 38.3 Å². The van der Waals surface area contributed by atoms with E-state index in [-0.39, 0.29) is 12.4 Å². The molecular formula is C13H17FN2O3. The molecule has 0 spiro atoms. The first-order valence-electron chi connectivity index (χ1n) is 6.18. The Morgan fingerprint density at radius 2 is 1.95 bits per heavy atom. The Morgan fingerprint density at radius 3 is 2.58 bits per heavy atom. The summed E-state index contributed by atoms with van der Waals surface area (Å²) in [5.74, 6) is -0.359. The molecule has 6 heteroatoms. The van der Waals surface area contributed by atoms with Gasteiger partial charge < -0.3 is 20.5 Å². The molecule has 0 radical (unpaired) electrons. The minimum absolute atomic E-state index is 0.170. The largest absolute Gasteiger partial charge is 0.388 e. The van der Waals surface area contributed by atoms with Crippen LogP contribution in [0.3, 0.4) is 0 Å². The molecule has 1 heterocycles. The van der Waals surface area contributed by atoms with Gasteiger partial charge in [-0.2, -0.15) is 0 Å². The minimum Gasteiger partial charge on any atom is -0.388 e. The highest BCUT2D eigenvalue weighted by Crippen LogP contribution is 2.19. The Labute approximate surface area is 110 Å². The molecule has 0 bridgehead atoms. The number of halogens is 1. The fraction of sp³-hybridized carbons (Fsp3) is 0.462. The first-order chi connectivity index (χ1) is 9.07. The second kappa shape index (κ2) is 5.99. The van der Waals surface area contributed by atoms with Crippen LogP contribution >= 0.6 is 0 Å². The smallest absolute Gasteiger partial charge is 0.319 e. The molecule has 1 aromatic carbocycles. The number of carbonyl (C=O) groups is 1. The monoisotopic (exact) mass is 268 g/mol. The van der Waals surface area contributed by atoms with Crippen molar-refractivity contribution in [3.05, 3.63) is 30.1 Å². The number of hydrogen-bond acceptors (Lipinski definition) is 3. The molecule has 0 aliphatic carbocycles. The van der Waals surface area contributed by atoms with Crippen molar-refractivity contribution in [2.45, 2.75) is 18.4 Å². The molecule has 0 atom stereocenters. The second-order valence-electron chi connectivity index (χ2n) is 4.65. The van der Waals surface area contributed by atoms with Gasteiger partial charge in [-0.1, -0.05) is 0 Å². The van der Waals surface area contributed by atoms with E-state index in [1.807, 2.05) is 0 Å². The van der Waals surface area contributed by atoms with E-state index >= 15 is 0 Å². The summed E-state index contributed by atoms with van der Waals surface area (Å²) in [7, 11) is 0. The van der Waals surface area contributed by atoms with Gasteiger partial charge in [0.25, 0.3) is 0 Å². The standard InChI is InChI=1S/C13H17FN2O3/c14-10-1-3-11(4-2-10)16-12(17)15-9-13(18)5-7-19-8-6-13/h1-4,18H,5-9H2,(H2,15,16,17). The van der Waals surface area contributed by atoms with Gasteiger partial charge in [-0.3, -0.25) is 0 Å². The molecule has 104 valence electrons. The van der Waals surface area contributed by atoms with Gasteiger partial charge >= 0.3 is 6.03 Å². The van der Waals surface area contributed by atoms with Gasteiger partial charge in [0.1, 0.15) is 5.82 Å². The summed E-state index contributed by atoms with van der Waals surface area (Å²) in [5.41, 5.74) is -0.406. The Bertz CT molecular complexity index is 430. The number of hydrogen-bond donors (Lipinski definition) is 3. The number of amides is 2. The van der Waals surface area contributed by atoms with Gasteiger partial charge in [0.15, 0.2) is 0 Å². The summed E-state index contributed by atoms with van der Waals surface area (Å²) >= 11 is 0. The minimum atomic E-state index is -0.904. The predicted molar refractivity (Wildman–Crippen MR) is 68.4 cm³/mol. The van der Waals surface area contributed by atoms with Crippen molar-refractivity contribution in [2.75, 3.05) is 25.1 Å². The average molecular weight is 268 g/mol. The summed E-state index contributed by atoms with van der Waals surface area (Å²) in [6.45, 7) is 1.17. The van der Waals surface area contributed by atoms with E-state index in [1.54, 1.807) is 0 Å². The number of ether oxygens (including phenoxy) is 1. The zero-order chi connectivity index (χ0) is 13.7. The molecule has 2 amide bonds. The molecule has 0 saturated carbocycles. The number of benzene rings is 1. The third-order valence-corrected chi connectivity index (χ3v) is 3.10. The van der Waals surface area contributed by atoms with Crippen molar-refractivity contribution in [3.8, 4) is 0 Å². The highest BCUT2D eigenvalue weighted by Gasteiger charge is 2.30. The van der Waals surface area contributed by atoms with E-state index in [9.17, 15) is 14.3 Å². The zero-order valence-electron chi connectivity index (χ0n) is 10.5. The molecular weight excluding hydrogens is 251 g/mol. The Morgan fingerprint density at radius 1 is 1.32 bits per heavy atom. The van der Waals surface area contributed by atoms with Crippen molar-refractivity contribution in [3.63, 3.8) is 0 Å². The maximum absolute atomic E-state index is 12.7. The number of carbonyl (C=O) groups excluding carboxylic acids is 1. The van der Waals surface area contributed by atoms with E-state index in [0.29, 0.717) is 31.7 Å². The number of urea groups is 1. The Hall–Kier alpha value is -1.66. The van der Waals surface area contributed by atoms with E-state index < -0.39 is 11.6 Å². The molecule has 1 aliphatic heterocycles. The lowest BCUT2D eigenvalue weighted by Gasteiger charge is -2.32. The third-order valence-electron chi connectivity index (χ3n) is 3.10. The summed E-state index contributed by atoms with van der Waals surface area (Å²) in [4.78, 5) is 11.6. The lowest BCUT2D eigenvalue weighted by atomic mass is 9.94. The van der Waals surface area contributed by atoms with Crippen LogP contribution in [-0.4, -0.2) is 36.5 Å². The number of aliphatic hydroxyl groups is 1. The molecule has 1 fully saturated rings. The number of nitrogens with one attached hydrogen (secondary N) is 2. The van der Waals surface area contributed by atoms with Gasteiger partial charge in [-0.15, -0.1) is 0 Å².